The van der Waals surface area contributed by atoms with Crippen LogP contribution in [0.25, 0.3) is 0 Å². The summed E-state index contributed by atoms with van der Waals surface area (Å²) in [6, 6.07) is 3.83. The van der Waals surface area contributed by atoms with E-state index in [1.54, 1.807) is 0 Å². The fourth-order valence-electron chi connectivity index (χ4n) is 1.000. The van der Waals surface area contributed by atoms with Gasteiger partial charge >= 0.3 is 6.18 Å². The Morgan fingerprint density at radius 2 is 2.00 bits per heavy atom. The van der Waals surface area contributed by atoms with Gasteiger partial charge in [0.2, 0.25) is 0 Å². The molecule has 1 N–H and O–H groups in total. The molecule has 0 radical (unpaired) electrons. The second kappa shape index (κ2) is 4.51. The summed E-state index contributed by atoms with van der Waals surface area (Å²) < 4.78 is 36.8. The van der Waals surface area contributed by atoms with Gasteiger partial charge in [-0.3, -0.25) is 0 Å². The van der Waals surface area contributed by atoms with E-state index < -0.39 is 11.9 Å². The number of alkyl halides is 3. The topological polar surface area (TPSA) is 24.9 Å². The number of anilines is 1. The van der Waals surface area contributed by atoms with E-state index in [1.165, 1.54) is 12.1 Å². The highest BCUT2D eigenvalue weighted by molar-refractivity contribution is 5.35. The Morgan fingerprint density at radius 3 is 2.53 bits per heavy atom. The van der Waals surface area contributed by atoms with Crippen LogP contribution in [0.5, 0.6) is 0 Å². The quantitative estimate of drug-likeness (QED) is 0.842. The fourth-order valence-corrected chi connectivity index (χ4v) is 1.000. The molecular weight excluding hydrogens is 205 g/mol. The lowest BCUT2D eigenvalue weighted by molar-refractivity contribution is -0.141. The van der Waals surface area contributed by atoms with E-state index in [1.807, 2.05) is 13.8 Å². The molecule has 0 atom stereocenters. The van der Waals surface area contributed by atoms with Gasteiger partial charge in [0.05, 0.1) is 0 Å². The Morgan fingerprint density at radius 1 is 1.33 bits per heavy atom. The number of pyridine rings is 1. The smallest absolute Gasteiger partial charge is 0.370 e. The molecule has 0 saturated carbocycles. The Balaban J connectivity index is 2.75. The Bertz CT molecular complexity index is 321. The average Bonchev–Trinajstić information content (AvgIpc) is 2.14. The van der Waals surface area contributed by atoms with Gasteiger partial charge in [-0.25, -0.2) is 4.98 Å². The number of nitrogens with one attached hydrogen (secondary N) is 1. The third-order valence-electron chi connectivity index (χ3n) is 1.73. The van der Waals surface area contributed by atoms with Gasteiger partial charge in [-0.05, 0) is 18.1 Å². The molecule has 0 aliphatic carbocycles. The molecule has 2 nitrogen and oxygen atoms in total. The van der Waals surface area contributed by atoms with Crippen molar-refractivity contribution in [2.75, 3.05) is 11.9 Å². The summed E-state index contributed by atoms with van der Waals surface area (Å²) in [6.07, 6.45) is -4.38. The van der Waals surface area contributed by atoms with Gasteiger partial charge in [0.1, 0.15) is 11.5 Å². The molecule has 15 heavy (non-hydrogen) atoms. The predicted molar refractivity (Wildman–Crippen MR) is 52.6 cm³/mol. The van der Waals surface area contributed by atoms with Crippen LogP contribution < -0.4 is 5.32 Å². The van der Waals surface area contributed by atoms with Crippen LogP contribution in [0.4, 0.5) is 19.0 Å². The fraction of sp³-hybridized carbons (Fsp3) is 0.500. The SMILES string of the molecule is CC(C)CNc1cccc(C(F)(F)F)n1. The van der Waals surface area contributed by atoms with Crippen LogP contribution in [-0.2, 0) is 6.18 Å². The van der Waals surface area contributed by atoms with Crippen LogP contribution in [0.15, 0.2) is 18.2 Å². The first-order valence-corrected chi connectivity index (χ1v) is 4.67. The maximum absolute atomic E-state index is 12.3. The molecule has 0 bridgehead atoms. The minimum atomic E-state index is -4.38. The molecule has 0 spiro atoms. The first-order valence-electron chi connectivity index (χ1n) is 4.67. The largest absolute Gasteiger partial charge is 0.433 e. The summed E-state index contributed by atoms with van der Waals surface area (Å²) in [4.78, 5) is 3.48. The van der Waals surface area contributed by atoms with E-state index in [2.05, 4.69) is 10.3 Å². The standard InChI is InChI=1S/C10H13F3N2/c1-7(2)6-14-9-5-3-4-8(15-9)10(11,12)13/h3-5,7H,6H2,1-2H3,(H,14,15). The first-order chi connectivity index (χ1) is 6.89. The van der Waals surface area contributed by atoms with E-state index >= 15 is 0 Å². The van der Waals surface area contributed by atoms with E-state index in [0.29, 0.717) is 12.5 Å². The minimum absolute atomic E-state index is 0.263. The molecule has 0 unspecified atom stereocenters. The monoisotopic (exact) mass is 218 g/mol. The summed E-state index contributed by atoms with van der Waals surface area (Å²) in [5.74, 6) is 0.625. The number of nitrogens with zero attached hydrogens (tertiary/aromatic N) is 1. The highest BCUT2D eigenvalue weighted by Gasteiger charge is 2.32. The van der Waals surface area contributed by atoms with Crippen LogP contribution in [0, 0.1) is 5.92 Å². The number of hydrogen-bond donors (Lipinski definition) is 1. The molecule has 0 aliphatic heterocycles. The molecule has 1 rings (SSSR count). The number of aromatic nitrogens is 1. The second-order valence-electron chi connectivity index (χ2n) is 3.68. The second-order valence-corrected chi connectivity index (χ2v) is 3.68. The van der Waals surface area contributed by atoms with Gasteiger partial charge in [0.25, 0.3) is 0 Å². The zero-order valence-electron chi connectivity index (χ0n) is 8.60. The molecule has 0 saturated heterocycles. The third-order valence-corrected chi connectivity index (χ3v) is 1.73. The summed E-state index contributed by atoms with van der Waals surface area (Å²) in [5.41, 5.74) is -0.865. The van der Waals surface area contributed by atoms with Crippen molar-refractivity contribution in [1.29, 1.82) is 0 Å². The molecule has 0 fully saturated rings. The number of halogens is 3. The van der Waals surface area contributed by atoms with Crippen molar-refractivity contribution >= 4 is 5.82 Å². The van der Waals surface area contributed by atoms with E-state index in [9.17, 15) is 13.2 Å². The molecule has 0 amide bonds. The van der Waals surface area contributed by atoms with Crippen LogP contribution in [0.1, 0.15) is 19.5 Å². The molecule has 5 heteroatoms. The molecule has 84 valence electrons. The molecule has 1 aromatic rings. The van der Waals surface area contributed by atoms with Gasteiger partial charge in [-0.15, -0.1) is 0 Å². The Kier molecular flexibility index (Phi) is 3.55. The molecule has 1 heterocycles. The van der Waals surface area contributed by atoms with Gasteiger partial charge in [-0.2, -0.15) is 13.2 Å². The zero-order chi connectivity index (χ0) is 11.5. The maximum atomic E-state index is 12.3. The highest BCUT2D eigenvalue weighted by Crippen LogP contribution is 2.28. The van der Waals surface area contributed by atoms with Crippen LogP contribution >= 0.6 is 0 Å². The van der Waals surface area contributed by atoms with Crippen LogP contribution in [0.2, 0.25) is 0 Å². The number of hydrogen-bond acceptors (Lipinski definition) is 2. The van der Waals surface area contributed by atoms with Gasteiger partial charge in [0.15, 0.2) is 0 Å². The number of rotatable bonds is 3. The normalized spacial score (nSPS) is 11.9. The molecular formula is C10H13F3N2. The molecule has 0 aromatic carbocycles. The van der Waals surface area contributed by atoms with Crippen LogP contribution in [0.3, 0.4) is 0 Å². The van der Waals surface area contributed by atoms with Crippen molar-refractivity contribution in [3.05, 3.63) is 23.9 Å². The van der Waals surface area contributed by atoms with Crippen molar-refractivity contribution in [2.45, 2.75) is 20.0 Å². The van der Waals surface area contributed by atoms with E-state index in [4.69, 9.17) is 0 Å². The predicted octanol–water partition coefficient (Wildman–Crippen LogP) is 3.17. The summed E-state index contributed by atoms with van der Waals surface area (Å²) in [6.45, 7) is 4.55. The maximum Gasteiger partial charge on any atom is 0.433 e. The van der Waals surface area contributed by atoms with Crippen molar-refractivity contribution in [3.63, 3.8) is 0 Å². The van der Waals surface area contributed by atoms with Crippen molar-refractivity contribution in [3.8, 4) is 0 Å². The van der Waals surface area contributed by atoms with Crippen LogP contribution in [-0.4, -0.2) is 11.5 Å². The van der Waals surface area contributed by atoms with Gasteiger partial charge < -0.3 is 5.32 Å². The third kappa shape index (κ3) is 3.77. The highest BCUT2D eigenvalue weighted by atomic mass is 19.4. The lowest BCUT2D eigenvalue weighted by Crippen LogP contribution is -2.12. The molecule has 1 aromatic heterocycles. The van der Waals surface area contributed by atoms with E-state index in [0.717, 1.165) is 6.07 Å². The van der Waals surface area contributed by atoms with Gasteiger partial charge in [0, 0.05) is 6.54 Å². The zero-order valence-corrected chi connectivity index (χ0v) is 8.60. The molecule has 0 aliphatic rings. The lowest BCUT2D eigenvalue weighted by atomic mass is 10.2. The minimum Gasteiger partial charge on any atom is -0.370 e. The van der Waals surface area contributed by atoms with Gasteiger partial charge in [-0.1, -0.05) is 19.9 Å². The van der Waals surface area contributed by atoms with Crippen molar-refractivity contribution in [2.24, 2.45) is 5.92 Å². The van der Waals surface area contributed by atoms with E-state index in [-0.39, 0.29) is 5.82 Å². The Hall–Kier alpha value is -1.26. The lowest BCUT2D eigenvalue weighted by Gasteiger charge is -2.10. The first kappa shape index (κ1) is 11.8. The van der Waals surface area contributed by atoms with Crippen molar-refractivity contribution < 1.29 is 13.2 Å². The Labute approximate surface area is 86.5 Å². The summed E-state index contributed by atoms with van der Waals surface area (Å²) in [7, 11) is 0. The van der Waals surface area contributed by atoms with Crippen molar-refractivity contribution in [1.82, 2.24) is 4.98 Å². The summed E-state index contributed by atoms with van der Waals surface area (Å²) in [5, 5.41) is 2.85. The average molecular weight is 218 g/mol. The summed E-state index contributed by atoms with van der Waals surface area (Å²) >= 11 is 0.